The predicted octanol–water partition coefficient (Wildman–Crippen LogP) is 3.01. The van der Waals surface area contributed by atoms with Crippen molar-refractivity contribution in [2.75, 3.05) is 18.1 Å². The van der Waals surface area contributed by atoms with E-state index in [1.807, 2.05) is 25.6 Å². The van der Waals surface area contributed by atoms with Crippen molar-refractivity contribution < 1.29 is 9.18 Å². The zero-order chi connectivity index (χ0) is 17.8. The highest BCUT2D eigenvalue weighted by Gasteiger charge is 2.20. The fourth-order valence-electron chi connectivity index (χ4n) is 3.04. The number of carbonyl (C=O) groups excluding carboxylic acids is 1. The fourth-order valence-corrected chi connectivity index (χ4v) is 3.99. The van der Waals surface area contributed by atoms with Gasteiger partial charge in [-0.15, -0.1) is 12.4 Å². The molecule has 2 N–H and O–H groups in total. The first-order valence-corrected chi connectivity index (χ1v) is 9.61. The maximum Gasteiger partial charge on any atom is 0.222 e. The van der Waals surface area contributed by atoms with E-state index in [4.69, 9.17) is 0 Å². The Morgan fingerprint density at radius 2 is 2.19 bits per heavy atom. The van der Waals surface area contributed by atoms with Crippen LogP contribution in [0.4, 0.5) is 4.39 Å². The molecule has 2 unspecified atom stereocenters. The lowest BCUT2D eigenvalue weighted by molar-refractivity contribution is -0.122. The molecule has 2 aromatic rings. The minimum atomic E-state index is -0.274. The second-order valence-electron chi connectivity index (χ2n) is 6.29. The van der Waals surface area contributed by atoms with Gasteiger partial charge in [-0.2, -0.15) is 16.9 Å². The van der Waals surface area contributed by atoms with Crippen molar-refractivity contribution in [3.8, 4) is 5.69 Å². The number of thioether (sulfide) groups is 1. The van der Waals surface area contributed by atoms with Crippen LogP contribution in [-0.2, 0) is 4.79 Å². The third-order valence-electron chi connectivity index (χ3n) is 4.39. The van der Waals surface area contributed by atoms with Crippen LogP contribution in [0.3, 0.4) is 0 Å². The van der Waals surface area contributed by atoms with E-state index in [-0.39, 0.29) is 36.2 Å². The van der Waals surface area contributed by atoms with Crippen LogP contribution in [0.15, 0.2) is 30.5 Å². The highest BCUT2D eigenvalue weighted by atomic mass is 35.5. The largest absolute Gasteiger partial charge is 0.349 e. The first-order chi connectivity index (χ1) is 12.0. The fraction of sp³-hybridized carbons (Fsp3) is 0.444. The monoisotopic (exact) mass is 398 g/mol. The van der Waals surface area contributed by atoms with Gasteiger partial charge in [0.05, 0.1) is 17.9 Å². The Bertz CT molecular complexity index is 731. The number of rotatable bonds is 5. The van der Waals surface area contributed by atoms with Gasteiger partial charge in [-0.3, -0.25) is 4.79 Å². The lowest BCUT2D eigenvalue weighted by atomic mass is 10.1. The van der Waals surface area contributed by atoms with Crippen LogP contribution < -0.4 is 10.6 Å². The zero-order valence-corrected chi connectivity index (χ0v) is 16.5. The molecule has 0 spiro atoms. The number of nitrogens with zero attached hydrogens (tertiary/aromatic N) is 2. The molecular weight excluding hydrogens is 375 g/mol. The Labute approximate surface area is 163 Å². The Kier molecular flexibility index (Phi) is 7.49. The van der Waals surface area contributed by atoms with Gasteiger partial charge in [0.15, 0.2) is 0 Å². The summed E-state index contributed by atoms with van der Waals surface area (Å²) in [5, 5.41) is 10.8. The SMILES string of the molecule is Cc1c(C(C)NC(=O)CC2CSCCN2)cnn1-c1ccc(F)cc1.Cl. The van der Waals surface area contributed by atoms with Crippen molar-refractivity contribution in [2.24, 2.45) is 0 Å². The summed E-state index contributed by atoms with van der Waals surface area (Å²) in [4.78, 5) is 12.3. The maximum atomic E-state index is 13.1. The lowest BCUT2D eigenvalue weighted by Crippen LogP contribution is -2.41. The first-order valence-electron chi connectivity index (χ1n) is 8.45. The number of benzene rings is 1. The third-order valence-corrected chi connectivity index (χ3v) is 5.52. The summed E-state index contributed by atoms with van der Waals surface area (Å²) in [7, 11) is 0. The number of halogens is 2. The van der Waals surface area contributed by atoms with Gasteiger partial charge in [0, 0.05) is 41.8 Å². The van der Waals surface area contributed by atoms with Crippen molar-refractivity contribution in [1.82, 2.24) is 20.4 Å². The molecule has 2 atom stereocenters. The van der Waals surface area contributed by atoms with Crippen LogP contribution in [0.5, 0.6) is 0 Å². The average Bonchev–Trinajstić information content (AvgIpc) is 2.98. The van der Waals surface area contributed by atoms with E-state index in [2.05, 4.69) is 15.7 Å². The highest BCUT2D eigenvalue weighted by molar-refractivity contribution is 7.99. The molecule has 1 aliphatic rings. The molecule has 1 aromatic carbocycles. The molecule has 5 nitrogen and oxygen atoms in total. The molecule has 1 amide bonds. The molecule has 26 heavy (non-hydrogen) atoms. The van der Waals surface area contributed by atoms with Crippen molar-refractivity contribution >= 4 is 30.1 Å². The van der Waals surface area contributed by atoms with E-state index >= 15 is 0 Å². The summed E-state index contributed by atoms with van der Waals surface area (Å²) >= 11 is 1.88. The number of amides is 1. The van der Waals surface area contributed by atoms with E-state index < -0.39 is 0 Å². The number of aromatic nitrogens is 2. The second kappa shape index (κ2) is 9.39. The lowest BCUT2D eigenvalue weighted by Gasteiger charge is -2.23. The van der Waals surface area contributed by atoms with Crippen molar-refractivity contribution in [2.45, 2.75) is 32.4 Å². The molecule has 1 aliphatic heterocycles. The quantitative estimate of drug-likeness (QED) is 0.812. The van der Waals surface area contributed by atoms with E-state index in [0.717, 1.165) is 35.0 Å². The molecule has 2 heterocycles. The highest BCUT2D eigenvalue weighted by Crippen LogP contribution is 2.21. The molecule has 8 heteroatoms. The summed E-state index contributed by atoms with van der Waals surface area (Å²) in [6.07, 6.45) is 2.25. The summed E-state index contributed by atoms with van der Waals surface area (Å²) in [6, 6.07) is 6.32. The van der Waals surface area contributed by atoms with Gasteiger partial charge in [0.2, 0.25) is 5.91 Å². The van der Waals surface area contributed by atoms with Crippen molar-refractivity contribution in [1.29, 1.82) is 0 Å². The smallest absolute Gasteiger partial charge is 0.222 e. The number of nitrogens with one attached hydrogen (secondary N) is 2. The van der Waals surface area contributed by atoms with Crippen LogP contribution in [0.2, 0.25) is 0 Å². The molecule has 1 saturated heterocycles. The minimum absolute atomic E-state index is 0. The molecule has 3 rings (SSSR count). The van der Waals surface area contributed by atoms with E-state index in [1.165, 1.54) is 12.1 Å². The Hall–Kier alpha value is -1.57. The summed E-state index contributed by atoms with van der Waals surface area (Å²) < 4.78 is 14.8. The standard InChI is InChI=1S/C18H23FN4OS.ClH/c1-12(22-18(24)9-15-11-25-8-7-20-15)17-10-21-23(13(17)2)16-5-3-14(19)4-6-16;/h3-6,10,12,15,20H,7-9,11H2,1-2H3,(H,22,24);1H. The Morgan fingerprint density at radius 3 is 2.85 bits per heavy atom. The number of carbonyl (C=O) groups is 1. The number of hydrogen-bond donors (Lipinski definition) is 2. The van der Waals surface area contributed by atoms with Gasteiger partial charge in [0.25, 0.3) is 0 Å². The number of hydrogen-bond acceptors (Lipinski definition) is 4. The Morgan fingerprint density at radius 1 is 1.46 bits per heavy atom. The van der Waals surface area contributed by atoms with Crippen LogP contribution >= 0.6 is 24.2 Å². The van der Waals surface area contributed by atoms with Crippen LogP contribution in [-0.4, -0.2) is 39.8 Å². The molecule has 0 bridgehead atoms. The molecule has 0 radical (unpaired) electrons. The molecule has 1 aromatic heterocycles. The van der Waals surface area contributed by atoms with Gasteiger partial charge >= 0.3 is 0 Å². The summed E-state index contributed by atoms with van der Waals surface area (Å²) in [5.41, 5.74) is 2.70. The van der Waals surface area contributed by atoms with E-state index in [1.54, 1.807) is 23.0 Å². The Balaban J connectivity index is 0.00000243. The zero-order valence-electron chi connectivity index (χ0n) is 14.9. The van der Waals surface area contributed by atoms with Gasteiger partial charge in [0.1, 0.15) is 5.82 Å². The average molecular weight is 399 g/mol. The molecule has 0 aliphatic carbocycles. The molecule has 0 saturated carbocycles. The third kappa shape index (κ3) is 4.99. The van der Waals surface area contributed by atoms with Gasteiger partial charge in [-0.1, -0.05) is 0 Å². The van der Waals surface area contributed by atoms with Gasteiger partial charge in [-0.05, 0) is 38.1 Å². The molecular formula is C18H24ClFN4OS. The summed E-state index contributed by atoms with van der Waals surface area (Å²) in [6.45, 7) is 4.87. The normalized spacial score (nSPS) is 18.0. The predicted molar refractivity (Wildman–Crippen MR) is 106 cm³/mol. The second-order valence-corrected chi connectivity index (χ2v) is 7.44. The maximum absolute atomic E-state index is 13.1. The minimum Gasteiger partial charge on any atom is -0.349 e. The van der Waals surface area contributed by atoms with Crippen LogP contribution in [0, 0.1) is 12.7 Å². The van der Waals surface area contributed by atoms with Crippen molar-refractivity contribution in [3.05, 3.63) is 47.5 Å². The van der Waals surface area contributed by atoms with Crippen molar-refractivity contribution in [3.63, 3.8) is 0 Å². The molecule has 1 fully saturated rings. The molecule has 142 valence electrons. The summed E-state index contributed by atoms with van der Waals surface area (Å²) in [5.74, 6) is 1.85. The topological polar surface area (TPSA) is 59.0 Å². The van der Waals surface area contributed by atoms with Gasteiger partial charge < -0.3 is 10.6 Å². The van der Waals surface area contributed by atoms with Crippen LogP contribution in [0.25, 0.3) is 5.69 Å². The van der Waals surface area contributed by atoms with Crippen LogP contribution in [0.1, 0.15) is 30.6 Å². The van der Waals surface area contributed by atoms with Gasteiger partial charge in [-0.25, -0.2) is 9.07 Å². The first kappa shape index (κ1) is 20.7. The van der Waals surface area contributed by atoms with E-state index in [0.29, 0.717) is 6.42 Å². The van der Waals surface area contributed by atoms with E-state index in [9.17, 15) is 9.18 Å².